The molecular formula is C19H22N2O5S2. The van der Waals surface area contributed by atoms with Crippen molar-refractivity contribution in [2.24, 2.45) is 5.92 Å². The van der Waals surface area contributed by atoms with Crippen molar-refractivity contribution in [1.82, 2.24) is 9.88 Å². The number of carbonyl (C=O) groups is 1. The van der Waals surface area contributed by atoms with Gasteiger partial charge in [0.25, 0.3) is 5.91 Å². The van der Waals surface area contributed by atoms with E-state index in [1.807, 2.05) is 12.3 Å². The molecule has 2 aliphatic rings. The average Bonchev–Trinajstić information content (AvgIpc) is 3.13. The summed E-state index contributed by atoms with van der Waals surface area (Å²) in [5.41, 5.74) is 1.21. The first kappa shape index (κ1) is 19.4. The van der Waals surface area contributed by atoms with E-state index in [0.29, 0.717) is 25.2 Å². The van der Waals surface area contributed by atoms with Crippen molar-refractivity contribution in [3.63, 3.8) is 0 Å². The highest BCUT2D eigenvalue weighted by Crippen LogP contribution is 2.45. The number of rotatable bonds is 5. The van der Waals surface area contributed by atoms with Gasteiger partial charge in [-0.1, -0.05) is 6.07 Å². The van der Waals surface area contributed by atoms with Gasteiger partial charge in [0.15, 0.2) is 9.84 Å². The van der Waals surface area contributed by atoms with Crippen molar-refractivity contribution in [3.05, 3.63) is 45.9 Å². The molecule has 0 unspecified atom stereocenters. The van der Waals surface area contributed by atoms with Crippen molar-refractivity contribution < 1.29 is 23.1 Å². The van der Waals surface area contributed by atoms with E-state index in [1.165, 1.54) is 17.0 Å². The highest BCUT2D eigenvalue weighted by molar-refractivity contribution is 7.93. The summed E-state index contributed by atoms with van der Waals surface area (Å²) < 4.78 is 30.3. The zero-order chi connectivity index (χ0) is 19.9. The van der Waals surface area contributed by atoms with Crippen LogP contribution in [0.3, 0.4) is 0 Å². The van der Waals surface area contributed by atoms with Crippen LogP contribution in [0.4, 0.5) is 0 Å². The largest absolute Gasteiger partial charge is 0.508 e. The lowest BCUT2D eigenvalue weighted by Gasteiger charge is -2.49. The third-order valence-corrected chi connectivity index (χ3v) is 9.06. The van der Waals surface area contributed by atoms with Gasteiger partial charge in [-0.2, -0.15) is 0 Å². The van der Waals surface area contributed by atoms with Gasteiger partial charge in [0.05, 0.1) is 29.7 Å². The van der Waals surface area contributed by atoms with Gasteiger partial charge in [0.1, 0.15) is 10.5 Å². The van der Waals surface area contributed by atoms with Crippen LogP contribution >= 0.6 is 11.3 Å². The van der Waals surface area contributed by atoms with E-state index in [4.69, 9.17) is 4.74 Å². The van der Waals surface area contributed by atoms with E-state index in [9.17, 15) is 18.3 Å². The fraction of sp³-hybridized carbons (Fsp3) is 0.474. The van der Waals surface area contributed by atoms with Crippen LogP contribution < -0.4 is 0 Å². The molecule has 1 aromatic heterocycles. The van der Waals surface area contributed by atoms with Crippen molar-refractivity contribution in [2.75, 3.05) is 25.4 Å². The molecule has 28 heavy (non-hydrogen) atoms. The van der Waals surface area contributed by atoms with E-state index in [1.54, 1.807) is 23.5 Å². The molecule has 2 saturated heterocycles. The summed E-state index contributed by atoms with van der Waals surface area (Å²) in [4.78, 5) is 18.5. The van der Waals surface area contributed by atoms with E-state index >= 15 is 0 Å². The normalized spacial score (nSPS) is 22.3. The molecular weight excluding hydrogens is 400 g/mol. The standard InChI is InChI=1S/C19H22N2O5S2/c1-13-20-16(10-27-13)9-26-8-15-5-6-28(24,25)19(15)11-21(12-19)18(23)14-3-2-4-17(22)7-14/h2-4,7,10,15,22H,5-6,8-9,11-12H2,1H3/t15-/m0/s1. The predicted molar refractivity (Wildman–Crippen MR) is 105 cm³/mol. The lowest BCUT2D eigenvalue weighted by atomic mass is 9.83. The Labute approximate surface area is 167 Å². The first-order chi connectivity index (χ1) is 13.3. The Morgan fingerprint density at radius 3 is 2.89 bits per heavy atom. The van der Waals surface area contributed by atoms with Crippen LogP contribution in [0.1, 0.15) is 27.5 Å². The van der Waals surface area contributed by atoms with Crippen LogP contribution in [0, 0.1) is 12.8 Å². The minimum Gasteiger partial charge on any atom is -0.508 e. The quantitative estimate of drug-likeness (QED) is 0.792. The molecule has 9 heteroatoms. The molecule has 0 radical (unpaired) electrons. The molecule has 1 N–H and O–H groups in total. The lowest BCUT2D eigenvalue weighted by molar-refractivity contribution is 0.0205. The van der Waals surface area contributed by atoms with Crippen LogP contribution in [0.15, 0.2) is 29.6 Å². The maximum Gasteiger partial charge on any atom is 0.254 e. The molecule has 2 fully saturated rings. The molecule has 0 aliphatic carbocycles. The summed E-state index contributed by atoms with van der Waals surface area (Å²) >= 11 is 1.56. The first-order valence-corrected chi connectivity index (χ1v) is 11.6. The van der Waals surface area contributed by atoms with Crippen LogP contribution in [-0.4, -0.2) is 59.5 Å². The molecule has 150 valence electrons. The number of hydrogen-bond donors (Lipinski definition) is 1. The summed E-state index contributed by atoms with van der Waals surface area (Å²) in [7, 11) is -3.28. The van der Waals surface area contributed by atoms with Gasteiger partial charge in [0.2, 0.25) is 0 Å². The van der Waals surface area contributed by atoms with Crippen molar-refractivity contribution in [1.29, 1.82) is 0 Å². The third kappa shape index (κ3) is 3.31. The molecule has 7 nitrogen and oxygen atoms in total. The Morgan fingerprint density at radius 2 is 2.21 bits per heavy atom. The molecule has 1 amide bonds. The number of aromatic hydroxyl groups is 1. The second kappa shape index (κ2) is 7.13. The molecule has 1 atom stereocenters. The van der Waals surface area contributed by atoms with Crippen molar-refractivity contribution in [2.45, 2.75) is 24.7 Å². The number of hydrogen-bond acceptors (Lipinski definition) is 7. The molecule has 1 aromatic carbocycles. The topological polar surface area (TPSA) is 96.8 Å². The van der Waals surface area contributed by atoms with Gasteiger partial charge >= 0.3 is 0 Å². The first-order valence-electron chi connectivity index (χ1n) is 9.10. The number of ether oxygens (including phenoxy) is 1. The van der Waals surface area contributed by atoms with Gasteiger partial charge in [0, 0.05) is 30.0 Å². The summed E-state index contributed by atoms with van der Waals surface area (Å²) in [6.07, 6.45) is 0.548. The fourth-order valence-electron chi connectivity index (χ4n) is 4.05. The number of thiazole rings is 1. The minimum atomic E-state index is -3.28. The fourth-order valence-corrected chi connectivity index (χ4v) is 7.05. The highest BCUT2D eigenvalue weighted by Gasteiger charge is 2.62. The third-order valence-electron chi connectivity index (χ3n) is 5.63. The monoisotopic (exact) mass is 422 g/mol. The molecule has 1 spiro atoms. The van der Waals surface area contributed by atoms with Crippen molar-refractivity contribution in [3.8, 4) is 5.75 Å². The maximum atomic E-state index is 12.7. The molecule has 3 heterocycles. The second-order valence-corrected chi connectivity index (χ2v) is 11.0. The van der Waals surface area contributed by atoms with Gasteiger partial charge in [-0.15, -0.1) is 11.3 Å². The Hall–Kier alpha value is -1.97. The number of benzene rings is 1. The van der Waals surface area contributed by atoms with E-state index in [2.05, 4.69) is 4.98 Å². The maximum absolute atomic E-state index is 12.7. The number of amides is 1. The molecule has 2 aliphatic heterocycles. The molecule has 4 rings (SSSR count). The Bertz CT molecular complexity index is 995. The number of nitrogens with zero attached hydrogens (tertiary/aromatic N) is 2. The highest BCUT2D eigenvalue weighted by atomic mass is 32.2. The Balaban J connectivity index is 1.42. The average molecular weight is 423 g/mol. The number of phenols is 1. The molecule has 0 bridgehead atoms. The number of phenolic OH excluding ortho intramolecular Hbond substituents is 1. The number of sulfone groups is 1. The summed E-state index contributed by atoms with van der Waals surface area (Å²) in [6.45, 7) is 2.98. The van der Waals surface area contributed by atoms with Gasteiger partial charge in [-0.05, 0) is 31.5 Å². The number of aromatic nitrogens is 1. The summed E-state index contributed by atoms with van der Waals surface area (Å²) in [5, 5.41) is 12.5. The Kier molecular flexibility index (Phi) is 4.93. The minimum absolute atomic E-state index is 0.0122. The number of likely N-dealkylation sites (tertiary alicyclic amines) is 1. The van der Waals surface area contributed by atoms with Crippen LogP contribution in [0.2, 0.25) is 0 Å². The predicted octanol–water partition coefficient (Wildman–Crippen LogP) is 2.00. The number of aryl methyl sites for hydroxylation is 1. The van der Waals surface area contributed by atoms with Gasteiger partial charge in [-0.25, -0.2) is 13.4 Å². The smallest absolute Gasteiger partial charge is 0.254 e. The van der Waals surface area contributed by atoms with Gasteiger partial charge < -0.3 is 14.7 Å². The Morgan fingerprint density at radius 1 is 1.43 bits per heavy atom. The van der Waals surface area contributed by atoms with E-state index < -0.39 is 14.6 Å². The lowest BCUT2D eigenvalue weighted by Crippen LogP contribution is -2.68. The second-order valence-electron chi connectivity index (χ2n) is 7.45. The van der Waals surface area contributed by atoms with Gasteiger partial charge in [-0.3, -0.25) is 4.79 Å². The van der Waals surface area contributed by atoms with Crippen molar-refractivity contribution >= 4 is 27.1 Å². The SMILES string of the molecule is Cc1nc(COC[C@@H]2CCS(=O)(=O)C23CN(C(=O)c2cccc(O)c2)C3)cs1. The van der Waals surface area contributed by atoms with Crippen LogP contribution in [-0.2, 0) is 21.2 Å². The van der Waals surface area contributed by atoms with Crippen LogP contribution in [0.5, 0.6) is 5.75 Å². The van der Waals surface area contributed by atoms with E-state index in [0.717, 1.165) is 10.7 Å². The van der Waals surface area contributed by atoms with Crippen LogP contribution in [0.25, 0.3) is 0 Å². The molecule has 2 aromatic rings. The van der Waals surface area contributed by atoms with E-state index in [-0.39, 0.29) is 36.4 Å². The summed E-state index contributed by atoms with van der Waals surface area (Å²) in [5.74, 6) is -0.254. The molecule has 0 saturated carbocycles. The zero-order valence-corrected chi connectivity index (χ0v) is 17.1. The number of carbonyl (C=O) groups excluding carboxylic acids is 1. The summed E-state index contributed by atoms with van der Waals surface area (Å²) in [6, 6.07) is 6.10. The zero-order valence-electron chi connectivity index (χ0n) is 15.5.